The van der Waals surface area contributed by atoms with E-state index in [-0.39, 0.29) is 12.3 Å². The second-order valence-corrected chi connectivity index (χ2v) is 5.12. The van der Waals surface area contributed by atoms with Crippen LogP contribution < -0.4 is 5.32 Å². The summed E-state index contributed by atoms with van der Waals surface area (Å²) in [7, 11) is 0. The molecule has 0 atom stereocenters. The molecule has 1 fully saturated rings. The van der Waals surface area contributed by atoms with Gasteiger partial charge in [-0.15, -0.1) is 0 Å². The summed E-state index contributed by atoms with van der Waals surface area (Å²) in [6.07, 6.45) is 1.75. The van der Waals surface area contributed by atoms with Gasteiger partial charge in [0.25, 0.3) is 0 Å². The monoisotopic (exact) mass is 295 g/mol. The van der Waals surface area contributed by atoms with E-state index in [1.54, 1.807) is 12.3 Å². The lowest BCUT2D eigenvalue weighted by Gasteiger charge is -2.33. The van der Waals surface area contributed by atoms with Gasteiger partial charge in [-0.25, -0.2) is 0 Å². The first-order valence-corrected chi connectivity index (χ1v) is 7.09. The number of amides is 1. The molecule has 21 heavy (non-hydrogen) atoms. The van der Waals surface area contributed by atoms with Crippen molar-refractivity contribution in [3.63, 3.8) is 0 Å². The molecule has 7 heteroatoms. The number of piperazine rings is 1. The lowest BCUT2D eigenvalue weighted by atomic mass is 10.3. The summed E-state index contributed by atoms with van der Waals surface area (Å²) in [4.78, 5) is 26.5. The molecule has 0 spiro atoms. The quantitative estimate of drug-likeness (QED) is 0.736. The van der Waals surface area contributed by atoms with Crippen molar-refractivity contribution in [2.75, 3.05) is 39.3 Å². The molecular weight excluding hydrogens is 274 g/mol. The third kappa shape index (κ3) is 5.57. The van der Waals surface area contributed by atoms with Gasteiger partial charge in [-0.2, -0.15) is 0 Å². The van der Waals surface area contributed by atoms with Crippen molar-refractivity contribution in [2.45, 2.75) is 13.0 Å². The molecule has 2 heterocycles. The van der Waals surface area contributed by atoms with Gasteiger partial charge in [0.2, 0.25) is 5.91 Å². The first kappa shape index (κ1) is 15.5. The van der Waals surface area contributed by atoms with Crippen LogP contribution in [0.2, 0.25) is 0 Å². The van der Waals surface area contributed by atoms with E-state index in [1.807, 2.05) is 6.07 Å². The van der Waals surface area contributed by atoms with E-state index in [0.717, 1.165) is 31.9 Å². The molecule has 116 valence electrons. The van der Waals surface area contributed by atoms with Crippen molar-refractivity contribution >= 4 is 11.9 Å². The summed E-state index contributed by atoms with van der Waals surface area (Å²) in [5.41, 5.74) is 0. The van der Waals surface area contributed by atoms with E-state index in [0.29, 0.717) is 19.6 Å². The number of carboxylic acids is 1. The predicted molar refractivity (Wildman–Crippen MR) is 75.7 cm³/mol. The zero-order valence-corrected chi connectivity index (χ0v) is 12.0. The lowest BCUT2D eigenvalue weighted by molar-refractivity contribution is -0.137. The number of furan rings is 1. The maximum atomic E-state index is 11.8. The predicted octanol–water partition coefficient (Wildman–Crippen LogP) is -0.0119. The zero-order chi connectivity index (χ0) is 15.1. The van der Waals surface area contributed by atoms with Gasteiger partial charge < -0.3 is 19.7 Å². The lowest BCUT2D eigenvalue weighted by Crippen LogP contribution is -2.49. The Morgan fingerprint density at radius 2 is 1.95 bits per heavy atom. The Hall–Kier alpha value is -1.86. The highest BCUT2D eigenvalue weighted by Gasteiger charge is 2.19. The van der Waals surface area contributed by atoms with E-state index in [4.69, 9.17) is 9.52 Å². The van der Waals surface area contributed by atoms with Crippen molar-refractivity contribution < 1.29 is 19.1 Å². The molecule has 2 rings (SSSR count). The highest BCUT2D eigenvalue weighted by molar-refractivity contribution is 5.77. The number of carbonyl (C=O) groups excluding carboxylic acids is 1. The highest BCUT2D eigenvalue weighted by Crippen LogP contribution is 2.03. The minimum Gasteiger partial charge on any atom is -0.481 e. The minimum atomic E-state index is -0.769. The van der Waals surface area contributed by atoms with Gasteiger partial charge in [-0.3, -0.25) is 14.5 Å². The number of nitrogens with one attached hydrogen (secondary N) is 1. The Labute approximate surface area is 123 Å². The molecule has 1 aliphatic heterocycles. The second kappa shape index (κ2) is 7.80. The SMILES string of the molecule is O=C(O)CCN1CCN(CC(=O)NCc2ccco2)CC1. The number of aliphatic carboxylic acids is 1. The van der Waals surface area contributed by atoms with Gasteiger partial charge in [-0.05, 0) is 12.1 Å². The Bertz CT molecular complexity index is 453. The smallest absolute Gasteiger partial charge is 0.304 e. The van der Waals surface area contributed by atoms with E-state index >= 15 is 0 Å². The second-order valence-electron chi connectivity index (χ2n) is 5.12. The molecule has 1 aromatic heterocycles. The highest BCUT2D eigenvalue weighted by atomic mass is 16.4. The van der Waals surface area contributed by atoms with Gasteiger partial charge in [-0.1, -0.05) is 0 Å². The maximum Gasteiger partial charge on any atom is 0.304 e. The van der Waals surface area contributed by atoms with E-state index in [1.165, 1.54) is 0 Å². The first-order chi connectivity index (χ1) is 10.1. The Morgan fingerprint density at radius 1 is 1.24 bits per heavy atom. The molecule has 0 aliphatic carbocycles. The van der Waals surface area contributed by atoms with Crippen LogP contribution >= 0.6 is 0 Å². The molecule has 0 saturated carbocycles. The van der Waals surface area contributed by atoms with Gasteiger partial charge in [0.15, 0.2) is 0 Å². The Kier molecular flexibility index (Phi) is 5.77. The standard InChI is InChI=1S/C14H21N3O4/c18-13(15-10-12-2-1-9-21-12)11-17-7-5-16(6-8-17)4-3-14(19)20/h1-2,9H,3-8,10-11H2,(H,15,18)(H,19,20). The van der Waals surface area contributed by atoms with Crippen LogP contribution in [-0.2, 0) is 16.1 Å². The average Bonchev–Trinajstić information content (AvgIpc) is 2.98. The maximum absolute atomic E-state index is 11.8. The summed E-state index contributed by atoms with van der Waals surface area (Å²) in [6, 6.07) is 3.61. The average molecular weight is 295 g/mol. The normalized spacial score (nSPS) is 16.8. The molecule has 1 aliphatic rings. The summed E-state index contributed by atoms with van der Waals surface area (Å²) in [5.74, 6) is -0.0537. The molecule has 0 aromatic carbocycles. The van der Waals surface area contributed by atoms with Crippen LogP contribution in [-0.4, -0.2) is 66.1 Å². The minimum absolute atomic E-state index is 0.0228. The van der Waals surface area contributed by atoms with Crippen LogP contribution in [0.15, 0.2) is 22.8 Å². The molecule has 1 amide bonds. The van der Waals surface area contributed by atoms with Crippen LogP contribution in [0.5, 0.6) is 0 Å². The third-order valence-corrected chi connectivity index (χ3v) is 3.51. The first-order valence-electron chi connectivity index (χ1n) is 7.09. The largest absolute Gasteiger partial charge is 0.481 e. The van der Waals surface area contributed by atoms with E-state index in [2.05, 4.69) is 15.1 Å². The van der Waals surface area contributed by atoms with Crippen LogP contribution in [0.3, 0.4) is 0 Å². The summed E-state index contributed by atoms with van der Waals surface area (Å²) < 4.78 is 5.15. The molecule has 0 unspecified atom stereocenters. The van der Waals surface area contributed by atoms with Crippen molar-refractivity contribution in [1.29, 1.82) is 0 Å². The van der Waals surface area contributed by atoms with E-state index < -0.39 is 5.97 Å². The van der Waals surface area contributed by atoms with E-state index in [9.17, 15) is 9.59 Å². The Balaban J connectivity index is 1.61. The van der Waals surface area contributed by atoms with Crippen molar-refractivity contribution in [2.24, 2.45) is 0 Å². The molecule has 0 bridgehead atoms. The van der Waals surface area contributed by atoms with Crippen LogP contribution in [0.25, 0.3) is 0 Å². The fourth-order valence-electron chi connectivity index (χ4n) is 2.28. The fourth-order valence-corrected chi connectivity index (χ4v) is 2.28. The molecule has 7 nitrogen and oxygen atoms in total. The van der Waals surface area contributed by atoms with Crippen molar-refractivity contribution in [3.05, 3.63) is 24.2 Å². The van der Waals surface area contributed by atoms with Gasteiger partial charge >= 0.3 is 5.97 Å². The van der Waals surface area contributed by atoms with Crippen molar-refractivity contribution in [1.82, 2.24) is 15.1 Å². The van der Waals surface area contributed by atoms with Gasteiger partial charge in [0.05, 0.1) is 25.8 Å². The number of nitrogens with zero attached hydrogens (tertiary/aromatic N) is 2. The number of carboxylic acid groups (broad SMARTS) is 1. The number of hydrogen-bond acceptors (Lipinski definition) is 5. The fraction of sp³-hybridized carbons (Fsp3) is 0.571. The number of carbonyl (C=O) groups is 2. The Morgan fingerprint density at radius 3 is 2.57 bits per heavy atom. The number of hydrogen-bond donors (Lipinski definition) is 2. The van der Waals surface area contributed by atoms with Crippen LogP contribution in [0, 0.1) is 0 Å². The van der Waals surface area contributed by atoms with Crippen LogP contribution in [0.4, 0.5) is 0 Å². The molecule has 0 radical (unpaired) electrons. The summed E-state index contributed by atoms with van der Waals surface area (Å²) in [6.45, 7) is 4.53. The third-order valence-electron chi connectivity index (χ3n) is 3.51. The number of rotatable bonds is 7. The van der Waals surface area contributed by atoms with Gasteiger partial charge in [0.1, 0.15) is 5.76 Å². The molecular formula is C14H21N3O4. The molecule has 1 aromatic rings. The van der Waals surface area contributed by atoms with Crippen molar-refractivity contribution in [3.8, 4) is 0 Å². The topological polar surface area (TPSA) is 86.0 Å². The molecule has 2 N–H and O–H groups in total. The molecule has 1 saturated heterocycles. The zero-order valence-electron chi connectivity index (χ0n) is 12.0. The summed E-state index contributed by atoms with van der Waals surface area (Å²) in [5, 5.41) is 11.5. The summed E-state index contributed by atoms with van der Waals surface area (Å²) >= 11 is 0. The van der Waals surface area contributed by atoms with Crippen LogP contribution in [0.1, 0.15) is 12.2 Å². The van der Waals surface area contributed by atoms with Gasteiger partial charge in [0, 0.05) is 32.7 Å².